The number of hydrogen-bond acceptors (Lipinski definition) is 7. The number of carbonyl (C=O) groups excluding carboxylic acids is 3. The van der Waals surface area contributed by atoms with Gasteiger partial charge >= 0.3 is 11.9 Å². The van der Waals surface area contributed by atoms with E-state index in [1.165, 1.54) is 6.92 Å². The van der Waals surface area contributed by atoms with E-state index in [0.29, 0.717) is 13.0 Å². The fourth-order valence-electron chi connectivity index (χ4n) is 2.62. The zero-order valence-corrected chi connectivity index (χ0v) is 15.4. The molecule has 4 atom stereocenters. The standard InChI is InChI=1S/C16H26N4O8/c1-8(21)13(15(26)19-10(16(27)28)4-5-12(23)24)20-11(22)7-18-14(25)9-3-2-6-17-9/h8-10,13,17,21H,2-7H2,1H3,(H,18,25)(H,19,26)(H,20,22)(H,23,24)(H,27,28). The normalized spacial score (nSPS) is 19.1. The molecule has 158 valence electrons. The molecule has 0 aromatic heterocycles. The molecule has 4 unspecified atom stereocenters. The number of rotatable bonds is 11. The number of carboxylic acid groups (broad SMARTS) is 2. The summed E-state index contributed by atoms with van der Waals surface area (Å²) >= 11 is 0. The summed E-state index contributed by atoms with van der Waals surface area (Å²) in [6, 6.07) is -3.34. The topological polar surface area (TPSA) is 194 Å². The van der Waals surface area contributed by atoms with E-state index in [1.54, 1.807) is 0 Å². The lowest BCUT2D eigenvalue weighted by atomic mass is 10.1. The molecule has 3 amide bonds. The van der Waals surface area contributed by atoms with Crippen molar-refractivity contribution < 1.29 is 39.3 Å². The van der Waals surface area contributed by atoms with Crippen LogP contribution >= 0.6 is 0 Å². The summed E-state index contributed by atoms with van der Waals surface area (Å²) < 4.78 is 0. The molecule has 1 rings (SSSR count). The second-order valence-electron chi connectivity index (χ2n) is 6.48. The Morgan fingerprint density at radius 1 is 1.14 bits per heavy atom. The Hall–Kier alpha value is -2.73. The third-order valence-corrected chi connectivity index (χ3v) is 4.14. The number of carbonyl (C=O) groups is 5. The Labute approximate surface area is 161 Å². The fourth-order valence-corrected chi connectivity index (χ4v) is 2.62. The van der Waals surface area contributed by atoms with Gasteiger partial charge in [0.05, 0.1) is 18.7 Å². The highest BCUT2D eigenvalue weighted by atomic mass is 16.4. The molecular formula is C16H26N4O8. The van der Waals surface area contributed by atoms with Crippen LogP contribution in [0.3, 0.4) is 0 Å². The van der Waals surface area contributed by atoms with Crippen molar-refractivity contribution in [3.63, 3.8) is 0 Å². The highest BCUT2D eigenvalue weighted by Crippen LogP contribution is 2.04. The summed E-state index contributed by atoms with van der Waals surface area (Å²) in [5.74, 6) is -4.75. The van der Waals surface area contributed by atoms with Gasteiger partial charge in [-0.2, -0.15) is 0 Å². The van der Waals surface area contributed by atoms with Gasteiger partial charge in [0.2, 0.25) is 17.7 Å². The molecule has 1 fully saturated rings. The van der Waals surface area contributed by atoms with Crippen molar-refractivity contribution >= 4 is 29.7 Å². The number of aliphatic hydroxyl groups excluding tert-OH is 1. The molecule has 12 nitrogen and oxygen atoms in total. The third kappa shape index (κ3) is 7.88. The molecule has 0 aromatic rings. The largest absolute Gasteiger partial charge is 0.481 e. The summed E-state index contributed by atoms with van der Waals surface area (Å²) in [5.41, 5.74) is 0. The summed E-state index contributed by atoms with van der Waals surface area (Å²) in [5, 5.41) is 37.1. The van der Waals surface area contributed by atoms with E-state index >= 15 is 0 Å². The van der Waals surface area contributed by atoms with Crippen molar-refractivity contribution in [3.05, 3.63) is 0 Å². The molecule has 0 saturated carbocycles. The lowest BCUT2D eigenvalue weighted by molar-refractivity contribution is -0.144. The monoisotopic (exact) mass is 402 g/mol. The predicted octanol–water partition coefficient (Wildman–Crippen LogP) is -2.85. The van der Waals surface area contributed by atoms with Crippen LogP contribution in [-0.2, 0) is 24.0 Å². The number of nitrogens with one attached hydrogen (secondary N) is 4. The van der Waals surface area contributed by atoms with Gasteiger partial charge in [0.1, 0.15) is 12.1 Å². The van der Waals surface area contributed by atoms with E-state index in [2.05, 4.69) is 21.3 Å². The van der Waals surface area contributed by atoms with E-state index < -0.39 is 54.9 Å². The summed E-state index contributed by atoms with van der Waals surface area (Å²) in [6.45, 7) is 1.51. The van der Waals surface area contributed by atoms with Crippen molar-refractivity contribution in [1.82, 2.24) is 21.3 Å². The van der Waals surface area contributed by atoms with Crippen molar-refractivity contribution in [2.24, 2.45) is 0 Å². The van der Waals surface area contributed by atoms with Gasteiger partial charge in [-0.15, -0.1) is 0 Å². The van der Waals surface area contributed by atoms with E-state index in [0.717, 1.165) is 6.42 Å². The first-order valence-corrected chi connectivity index (χ1v) is 8.85. The number of aliphatic hydroxyl groups is 1. The van der Waals surface area contributed by atoms with Crippen LogP contribution in [-0.4, -0.2) is 82.3 Å². The van der Waals surface area contributed by atoms with Crippen LogP contribution in [0.25, 0.3) is 0 Å². The van der Waals surface area contributed by atoms with Gasteiger partial charge in [-0.1, -0.05) is 0 Å². The molecule has 0 aromatic carbocycles. The summed E-state index contributed by atoms with van der Waals surface area (Å²) in [7, 11) is 0. The van der Waals surface area contributed by atoms with E-state index in [1.807, 2.05) is 0 Å². The maximum atomic E-state index is 12.2. The average molecular weight is 402 g/mol. The summed E-state index contributed by atoms with van der Waals surface area (Å²) in [6.07, 6.45) is -0.698. The van der Waals surface area contributed by atoms with Crippen molar-refractivity contribution in [2.45, 2.75) is 56.8 Å². The maximum Gasteiger partial charge on any atom is 0.326 e. The van der Waals surface area contributed by atoms with Crippen LogP contribution in [0.2, 0.25) is 0 Å². The smallest absolute Gasteiger partial charge is 0.326 e. The number of amides is 3. The predicted molar refractivity (Wildman–Crippen MR) is 94.1 cm³/mol. The number of aliphatic carboxylic acids is 2. The maximum absolute atomic E-state index is 12.2. The first-order chi connectivity index (χ1) is 13.1. The van der Waals surface area contributed by atoms with Crippen LogP contribution in [0.5, 0.6) is 0 Å². The molecular weight excluding hydrogens is 376 g/mol. The van der Waals surface area contributed by atoms with Gasteiger partial charge in [0, 0.05) is 6.42 Å². The second-order valence-corrected chi connectivity index (χ2v) is 6.48. The molecule has 0 bridgehead atoms. The van der Waals surface area contributed by atoms with Gasteiger partial charge in [-0.05, 0) is 32.7 Å². The molecule has 12 heteroatoms. The van der Waals surface area contributed by atoms with E-state index in [9.17, 15) is 29.1 Å². The Kier molecular flexibility index (Phi) is 9.32. The minimum atomic E-state index is -1.49. The lowest BCUT2D eigenvalue weighted by Gasteiger charge is -2.23. The minimum Gasteiger partial charge on any atom is -0.481 e. The van der Waals surface area contributed by atoms with Crippen molar-refractivity contribution in [1.29, 1.82) is 0 Å². The molecule has 0 aliphatic carbocycles. The lowest BCUT2D eigenvalue weighted by Crippen LogP contribution is -2.57. The number of hydrogen-bond donors (Lipinski definition) is 7. The third-order valence-electron chi connectivity index (χ3n) is 4.14. The van der Waals surface area contributed by atoms with Gasteiger partial charge in [0.25, 0.3) is 0 Å². The molecule has 1 aliphatic heterocycles. The second kappa shape index (κ2) is 11.2. The van der Waals surface area contributed by atoms with Gasteiger partial charge in [-0.25, -0.2) is 4.79 Å². The molecule has 0 spiro atoms. The van der Waals surface area contributed by atoms with Crippen molar-refractivity contribution in [3.8, 4) is 0 Å². The Morgan fingerprint density at radius 3 is 2.32 bits per heavy atom. The van der Waals surface area contributed by atoms with Crippen LogP contribution in [0.4, 0.5) is 0 Å². The van der Waals surface area contributed by atoms with Gasteiger partial charge in [0.15, 0.2) is 0 Å². The SMILES string of the molecule is CC(O)C(NC(=O)CNC(=O)C1CCCN1)C(=O)NC(CCC(=O)O)C(=O)O. The first kappa shape index (κ1) is 23.3. The average Bonchev–Trinajstić information content (AvgIpc) is 3.14. The summed E-state index contributed by atoms with van der Waals surface area (Å²) in [4.78, 5) is 57.8. The number of carboxylic acids is 2. The zero-order valence-electron chi connectivity index (χ0n) is 15.4. The zero-order chi connectivity index (χ0) is 21.3. The van der Waals surface area contributed by atoms with Crippen molar-refractivity contribution in [2.75, 3.05) is 13.1 Å². The van der Waals surface area contributed by atoms with E-state index in [-0.39, 0.29) is 18.4 Å². The molecule has 1 aliphatic rings. The Bertz CT molecular complexity index is 603. The van der Waals surface area contributed by atoms with Crippen LogP contribution < -0.4 is 21.3 Å². The molecule has 1 heterocycles. The first-order valence-electron chi connectivity index (χ1n) is 8.85. The fraction of sp³-hybridized carbons (Fsp3) is 0.688. The highest BCUT2D eigenvalue weighted by Gasteiger charge is 2.30. The quantitative estimate of drug-likeness (QED) is 0.190. The Morgan fingerprint density at radius 2 is 1.82 bits per heavy atom. The molecule has 0 radical (unpaired) electrons. The van der Waals surface area contributed by atoms with Gasteiger partial charge in [-0.3, -0.25) is 19.2 Å². The van der Waals surface area contributed by atoms with Crippen LogP contribution in [0.1, 0.15) is 32.6 Å². The minimum absolute atomic E-state index is 0.356. The van der Waals surface area contributed by atoms with E-state index in [4.69, 9.17) is 10.2 Å². The van der Waals surface area contributed by atoms with Crippen LogP contribution in [0, 0.1) is 0 Å². The van der Waals surface area contributed by atoms with Gasteiger partial charge < -0.3 is 36.6 Å². The highest BCUT2D eigenvalue weighted by molar-refractivity contribution is 5.93. The molecule has 7 N–H and O–H groups in total. The molecule has 1 saturated heterocycles. The van der Waals surface area contributed by atoms with Crippen LogP contribution in [0.15, 0.2) is 0 Å². The molecule has 28 heavy (non-hydrogen) atoms. The Balaban J connectivity index is 2.58.